The first kappa shape index (κ1) is 17.5. The highest BCUT2D eigenvalue weighted by molar-refractivity contribution is 5.94. The van der Waals surface area contributed by atoms with Crippen molar-refractivity contribution in [3.8, 4) is 0 Å². The van der Waals surface area contributed by atoms with Gasteiger partial charge in [-0.05, 0) is 72.8 Å². The van der Waals surface area contributed by atoms with Crippen LogP contribution in [-0.4, -0.2) is 28.5 Å². The van der Waals surface area contributed by atoms with Gasteiger partial charge in [-0.3, -0.25) is 4.79 Å². The van der Waals surface area contributed by atoms with Crippen molar-refractivity contribution in [2.45, 2.75) is 58.6 Å². The number of amides is 1. The van der Waals surface area contributed by atoms with Crippen molar-refractivity contribution in [2.24, 2.45) is 11.3 Å². The molecule has 3 nitrogen and oxygen atoms in total. The van der Waals surface area contributed by atoms with E-state index in [4.69, 9.17) is 0 Å². The van der Waals surface area contributed by atoms with Gasteiger partial charge in [-0.1, -0.05) is 38.1 Å². The third-order valence-corrected chi connectivity index (χ3v) is 6.77. The molecule has 3 aliphatic rings. The summed E-state index contributed by atoms with van der Waals surface area (Å²) in [7, 11) is 0. The maximum atomic E-state index is 13.3. The van der Waals surface area contributed by atoms with Crippen molar-refractivity contribution in [2.75, 3.05) is 6.54 Å². The minimum absolute atomic E-state index is 0.105. The van der Waals surface area contributed by atoms with Crippen LogP contribution in [0.3, 0.4) is 0 Å². The SMILES string of the molecule is CC(O)c1ccc(C(=O)N2CC[C@H]3C4=CCCC=C4C[C@@H]2C3(C)C)cc1. The first-order chi connectivity index (χ1) is 12.4. The molecule has 0 aromatic heterocycles. The van der Waals surface area contributed by atoms with Gasteiger partial charge in [0.15, 0.2) is 0 Å². The Morgan fingerprint density at radius 3 is 2.58 bits per heavy atom. The molecule has 1 aromatic rings. The summed E-state index contributed by atoms with van der Waals surface area (Å²) in [4.78, 5) is 15.4. The van der Waals surface area contributed by atoms with Crippen LogP contribution < -0.4 is 0 Å². The second-order valence-corrected chi connectivity index (χ2v) is 8.65. The number of carbonyl (C=O) groups is 1. The van der Waals surface area contributed by atoms with Crippen LogP contribution in [-0.2, 0) is 0 Å². The Bertz CT molecular complexity index is 770. The lowest BCUT2D eigenvalue weighted by molar-refractivity contribution is -0.00242. The van der Waals surface area contributed by atoms with Crippen molar-refractivity contribution >= 4 is 5.91 Å². The van der Waals surface area contributed by atoms with Gasteiger partial charge in [0.1, 0.15) is 0 Å². The standard InChI is InChI=1S/C23H29NO2/c1-15(25)16-8-10-17(11-9-16)22(26)24-13-12-20-19-7-5-4-6-18(19)14-21(24)23(20,2)3/h6-11,15,20-21,25H,4-5,12-14H2,1-3H3/t15?,20-,21+/m0/s1. The fourth-order valence-corrected chi connectivity index (χ4v) is 5.19. The van der Waals surface area contributed by atoms with Crippen molar-refractivity contribution in [1.29, 1.82) is 0 Å². The Kier molecular flexibility index (Phi) is 4.31. The van der Waals surface area contributed by atoms with Crippen LogP contribution in [0.1, 0.15) is 68.5 Å². The minimum atomic E-state index is -0.504. The van der Waals surface area contributed by atoms with Crippen LogP contribution in [0, 0.1) is 11.3 Å². The van der Waals surface area contributed by atoms with Crippen LogP contribution in [0.2, 0.25) is 0 Å². The fourth-order valence-electron chi connectivity index (χ4n) is 5.19. The Hall–Kier alpha value is -1.87. The first-order valence-electron chi connectivity index (χ1n) is 9.88. The van der Waals surface area contributed by atoms with E-state index in [-0.39, 0.29) is 17.4 Å². The lowest BCUT2D eigenvalue weighted by Gasteiger charge is -2.56. The van der Waals surface area contributed by atoms with E-state index in [1.165, 1.54) is 5.57 Å². The second-order valence-electron chi connectivity index (χ2n) is 8.65. The van der Waals surface area contributed by atoms with E-state index in [9.17, 15) is 9.90 Å². The van der Waals surface area contributed by atoms with Gasteiger partial charge in [-0.15, -0.1) is 0 Å². The molecule has 138 valence electrons. The molecule has 2 aliphatic carbocycles. The average molecular weight is 351 g/mol. The largest absolute Gasteiger partial charge is 0.389 e. The van der Waals surface area contributed by atoms with Crippen LogP contribution >= 0.6 is 0 Å². The van der Waals surface area contributed by atoms with E-state index in [1.807, 2.05) is 24.3 Å². The van der Waals surface area contributed by atoms with E-state index >= 15 is 0 Å². The molecule has 4 rings (SSSR count). The molecule has 0 radical (unpaired) electrons. The molecule has 1 aliphatic heterocycles. The molecule has 1 saturated carbocycles. The molecule has 3 heteroatoms. The molecule has 0 spiro atoms. The smallest absolute Gasteiger partial charge is 0.254 e. The van der Waals surface area contributed by atoms with E-state index in [2.05, 4.69) is 30.9 Å². The molecule has 26 heavy (non-hydrogen) atoms. The molecule has 2 bridgehead atoms. The summed E-state index contributed by atoms with van der Waals surface area (Å²) in [6, 6.07) is 7.70. The summed E-state index contributed by atoms with van der Waals surface area (Å²) in [5.74, 6) is 0.692. The highest BCUT2D eigenvalue weighted by Gasteiger charge is 2.51. The molecular weight excluding hydrogens is 322 g/mol. The predicted molar refractivity (Wildman–Crippen MR) is 104 cm³/mol. The van der Waals surface area contributed by atoms with Crippen molar-refractivity contribution < 1.29 is 9.90 Å². The average Bonchev–Trinajstić information content (AvgIpc) is 2.61. The Morgan fingerprint density at radius 1 is 1.19 bits per heavy atom. The number of nitrogens with zero attached hydrogens (tertiary/aromatic N) is 1. The monoisotopic (exact) mass is 351 g/mol. The summed E-state index contributed by atoms with van der Waals surface area (Å²) in [6.45, 7) is 7.25. The van der Waals surface area contributed by atoms with E-state index in [1.54, 1.807) is 12.5 Å². The number of carbonyl (C=O) groups excluding carboxylic acids is 1. The van der Waals surface area contributed by atoms with Gasteiger partial charge in [-0.2, -0.15) is 0 Å². The molecule has 1 amide bonds. The molecule has 1 N–H and O–H groups in total. The Labute approximate surface area is 156 Å². The normalized spacial score (nSPS) is 27.9. The maximum absolute atomic E-state index is 13.3. The summed E-state index contributed by atoms with van der Waals surface area (Å²) >= 11 is 0. The number of fused-ring (bicyclic) bond motifs is 4. The van der Waals surface area contributed by atoms with Gasteiger partial charge >= 0.3 is 0 Å². The van der Waals surface area contributed by atoms with Crippen molar-refractivity contribution in [1.82, 2.24) is 4.90 Å². The summed E-state index contributed by atoms with van der Waals surface area (Å²) < 4.78 is 0. The van der Waals surface area contributed by atoms with Crippen LogP contribution in [0.5, 0.6) is 0 Å². The lowest BCUT2D eigenvalue weighted by atomic mass is 9.57. The Morgan fingerprint density at radius 2 is 1.88 bits per heavy atom. The number of aliphatic hydroxyl groups excluding tert-OH is 1. The topological polar surface area (TPSA) is 40.5 Å². The lowest BCUT2D eigenvalue weighted by Crippen LogP contribution is -2.59. The highest BCUT2D eigenvalue weighted by Crippen LogP contribution is 2.53. The van der Waals surface area contributed by atoms with E-state index < -0.39 is 6.10 Å². The molecule has 1 unspecified atom stereocenters. The van der Waals surface area contributed by atoms with Gasteiger partial charge in [0.2, 0.25) is 0 Å². The number of hydrogen-bond donors (Lipinski definition) is 1. The molecule has 2 fully saturated rings. The van der Waals surface area contributed by atoms with Crippen LogP contribution in [0.15, 0.2) is 47.6 Å². The van der Waals surface area contributed by atoms with Gasteiger partial charge in [0.05, 0.1) is 6.10 Å². The molecule has 1 saturated heterocycles. The predicted octanol–water partition coefficient (Wildman–Crippen LogP) is 4.65. The van der Waals surface area contributed by atoms with Gasteiger partial charge in [0, 0.05) is 18.2 Å². The summed E-state index contributed by atoms with van der Waals surface area (Å²) in [5, 5.41) is 9.69. The van der Waals surface area contributed by atoms with Gasteiger partial charge in [0.25, 0.3) is 5.91 Å². The van der Waals surface area contributed by atoms with Crippen LogP contribution in [0.25, 0.3) is 0 Å². The third-order valence-electron chi connectivity index (χ3n) is 6.77. The zero-order valence-electron chi connectivity index (χ0n) is 16.0. The maximum Gasteiger partial charge on any atom is 0.254 e. The third kappa shape index (κ3) is 2.73. The minimum Gasteiger partial charge on any atom is -0.389 e. The second kappa shape index (κ2) is 6.38. The molecule has 3 atom stereocenters. The Balaban J connectivity index is 1.63. The number of allylic oxidation sites excluding steroid dienone is 3. The van der Waals surface area contributed by atoms with Gasteiger partial charge in [-0.25, -0.2) is 0 Å². The number of hydrogen-bond acceptors (Lipinski definition) is 2. The number of rotatable bonds is 2. The number of aliphatic hydroxyl groups is 1. The molecule has 1 aromatic carbocycles. The zero-order chi connectivity index (χ0) is 18.5. The molecular formula is C23H29NO2. The number of likely N-dealkylation sites (tertiary alicyclic amines) is 1. The summed E-state index contributed by atoms with van der Waals surface area (Å²) in [6.07, 6.45) is 8.66. The highest BCUT2D eigenvalue weighted by atomic mass is 16.3. The van der Waals surface area contributed by atoms with Gasteiger partial charge < -0.3 is 10.0 Å². The van der Waals surface area contributed by atoms with E-state index in [0.29, 0.717) is 5.92 Å². The molecule has 1 heterocycles. The van der Waals surface area contributed by atoms with Crippen molar-refractivity contribution in [3.63, 3.8) is 0 Å². The number of benzene rings is 1. The zero-order valence-corrected chi connectivity index (χ0v) is 16.0. The fraction of sp³-hybridized carbons (Fsp3) is 0.522. The van der Waals surface area contributed by atoms with Crippen LogP contribution in [0.4, 0.5) is 0 Å². The summed E-state index contributed by atoms with van der Waals surface area (Å²) in [5.41, 5.74) is 4.72. The quantitative estimate of drug-likeness (QED) is 0.843. The van der Waals surface area contributed by atoms with E-state index in [0.717, 1.165) is 43.4 Å². The first-order valence-corrected chi connectivity index (χ1v) is 9.88. The number of piperidine rings is 1. The van der Waals surface area contributed by atoms with Crippen molar-refractivity contribution in [3.05, 3.63) is 58.7 Å².